The second kappa shape index (κ2) is 4.20. The average Bonchev–Trinajstić information content (AvgIpc) is 3.05. The number of halogens is 1. The molecule has 5 heteroatoms. The van der Waals surface area contributed by atoms with Crippen molar-refractivity contribution in [1.82, 2.24) is 19.2 Å². The fourth-order valence-corrected chi connectivity index (χ4v) is 2.92. The molecule has 0 aromatic carbocycles. The second-order valence-corrected chi connectivity index (χ2v) is 5.46. The average molecular weight is 317 g/mol. The number of aromatic nitrogens is 4. The van der Waals surface area contributed by atoms with Crippen LogP contribution in [0.4, 0.5) is 0 Å². The van der Waals surface area contributed by atoms with Gasteiger partial charge in [0, 0.05) is 23.6 Å². The first-order valence-corrected chi connectivity index (χ1v) is 7.57. The Bertz CT molecular complexity index is 739. The molecule has 3 aromatic rings. The van der Waals surface area contributed by atoms with Gasteiger partial charge in [0.1, 0.15) is 5.65 Å². The second-order valence-electron chi connectivity index (χ2n) is 4.90. The number of hydrogen-bond acceptors (Lipinski definition) is 2. The molecular weight excluding hydrogens is 304 g/mol. The van der Waals surface area contributed by atoms with Gasteiger partial charge in [-0.1, -0.05) is 22.0 Å². The predicted molar refractivity (Wildman–Crippen MR) is 76.9 cm³/mol. The lowest BCUT2D eigenvalue weighted by molar-refractivity contribution is 0.811. The maximum atomic E-state index is 4.68. The number of fused-ring (bicyclic) bond motifs is 1. The maximum absolute atomic E-state index is 4.68. The first-order chi connectivity index (χ1) is 9.36. The number of alkyl halides is 1. The Morgan fingerprint density at radius 3 is 2.89 bits per heavy atom. The van der Waals surface area contributed by atoms with E-state index in [0.717, 1.165) is 22.5 Å². The lowest BCUT2D eigenvalue weighted by atomic mass is 10.3. The Balaban J connectivity index is 1.88. The Morgan fingerprint density at radius 1 is 1.21 bits per heavy atom. The van der Waals surface area contributed by atoms with E-state index in [1.807, 2.05) is 35.3 Å². The first-order valence-electron chi connectivity index (χ1n) is 6.44. The van der Waals surface area contributed by atoms with Crippen molar-refractivity contribution < 1.29 is 0 Å². The van der Waals surface area contributed by atoms with Crippen molar-refractivity contribution in [1.29, 1.82) is 0 Å². The van der Waals surface area contributed by atoms with E-state index >= 15 is 0 Å². The molecule has 1 aliphatic carbocycles. The monoisotopic (exact) mass is 316 g/mol. The van der Waals surface area contributed by atoms with Gasteiger partial charge in [0.25, 0.3) is 0 Å². The van der Waals surface area contributed by atoms with Gasteiger partial charge in [-0.25, -0.2) is 9.67 Å². The summed E-state index contributed by atoms with van der Waals surface area (Å²) in [5.74, 6) is 1.58. The molecule has 4 rings (SSSR count). The standard InChI is InChI=1S/C14H13BrN4/c15-9-12-14(16-13-3-1-2-7-18(12)13)19-8-6-11(17-19)10-4-5-10/h1-3,6-8,10H,4-5,9H2. The van der Waals surface area contributed by atoms with Crippen molar-refractivity contribution in [2.45, 2.75) is 24.1 Å². The SMILES string of the molecule is BrCc1c(-n2ccc(C3CC3)n2)nc2ccccn12. The molecule has 3 aromatic heterocycles. The van der Waals surface area contributed by atoms with Crippen molar-refractivity contribution in [2.24, 2.45) is 0 Å². The molecule has 1 aliphatic rings. The highest BCUT2D eigenvalue weighted by atomic mass is 79.9. The lowest BCUT2D eigenvalue weighted by Crippen LogP contribution is -2.00. The quantitative estimate of drug-likeness (QED) is 0.695. The Kier molecular flexibility index (Phi) is 2.48. The topological polar surface area (TPSA) is 35.1 Å². The van der Waals surface area contributed by atoms with Crippen LogP contribution in [0.15, 0.2) is 36.7 Å². The molecule has 0 radical (unpaired) electrons. The van der Waals surface area contributed by atoms with Crippen LogP contribution in [0.1, 0.15) is 30.1 Å². The minimum atomic E-state index is 0.672. The highest BCUT2D eigenvalue weighted by molar-refractivity contribution is 9.08. The summed E-state index contributed by atoms with van der Waals surface area (Å²) in [5, 5.41) is 5.42. The highest BCUT2D eigenvalue weighted by Gasteiger charge is 2.26. The molecule has 1 saturated carbocycles. The number of rotatable bonds is 3. The fraction of sp³-hybridized carbons (Fsp3) is 0.286. The molecule has 4 nitrogen and oxygen atoms in total. The van der Waals surface area contributed by atoms with Gasteiger partial charge in [0.15, 0.2) is 5.82 Å². The summed E-state index contributed by atoms with van der Waals surface area (Å²) in [6, 6.07) is 8.15. The van der Waals surface area contributed by atoms with Crippen LogP contribution < -0.4 is 0 Å². The summed E-state index contributed by atoms with van der Waals surface area (Å²) in [5.41, 5.74) is 3.27. The van der Waals surface area contributed by atoms with Crippen LogP contribution in [-0.2, 0) is 5.33 Å². The van der Waals surface area contributed by atoms with Crippen LogP contribution >= 0.6 is 15.9 Å². The number of imidazole rings is 1. The molecule has 96 valence electrons. The smallest absolute Gasteiger partial charge is 0.176 e. The third-order valence-corrected chi connectivity index (χ3v) is 4.09. The molecule has 0 atom stereocenters. The number of hydrogen-bond donors (Lipinski definition) is 0. The maximum Gasteiger partial charge on any atom is 0.176 e. The summed E-state index contributed by atoms with van der Waals surface area (Å²) in [7, 11) is 0. The summed E-state index contributed by atoms with van der Waals surface area (Å²) in [4.78, 5) is 4.68. The molecular formula is C14H13BrN4. The Morgan fingerprint density at radius 2 is 2.11 bits per heavy atom. The third kappa shape index (κ3) is 1.80. The van der Waals surface area contributed by atoms with Crippen LogP contribution in [-0.4, -0.2) is 19.2 Å². The molecule has 0 aliphatic heterocycles. The summed E-state index contributed by atoms with van der Waals surface area (Å²) in [6.07, 6.45) is 6.59. The van der Waals surface area contributed by atoms with Gasteiger partial charge in [-0.15, -0.1) is 0 Å². The van der Waals surface area contributed by atoms with Crippen molar-refractivity contribution in [2.75, 3.05) is 0 Å². The van der Waals surface area contributed by atoms with Gasteiger partial charge in [-0.3, -0.25) is 0 Å². The van der Waals surface area contributed by atoms with Crippen molar-refractivity contribution in [3.63, 3.8) is 0 Å². The fourth-order valence-electron chi connectivity index (χ4n) is 2.39. The zero-order chi connectivity index (χ0) is 12.8. The summed E-state index contributed by atoms with van der Waals surface area (Å²) < 4.78 is 4.00. The molecule has 3 heterocycles. The van der Waals surface area contributed by atoms with Crippen LogP contribution in [0.5, 0.6) is 0 Å². The molecule has 0 N–H and O–H groups in total. The van der Waals surface area contributed by atoms with Gasteiger partial charge < -0.3 is 4.40 Å². The van der Waals surface area contributed by atoms with Crippen molar-refractivity contribution in [3.8, 4) is 5.82 Å². The first kappa shape index (κ1) is 11.2. The van der Waals surface area contributed by atoms with E-state index in [1.165, 1.54) is 18.5 Å². The molecule has 0 amide bonds. The van der Waals surface area contributed by atoms with Gasteiger partial charge in [0.2, 0.25) is 0 Å². The molecule has 0 unspecified atom stereocenters. The minimum Gasteiger partial charge on any atom is -0.301 e. The van der Waals surface area contributed by atoms with Crippen molar-refractivity contribution in [3.05, 3.63) is 48.0 Å². The molecule has 19 heavy (non-hydrogen) atoms. The zero-order valence-corrected chi connectivity index (χ0v) is 11.9. The van der Waals surface area contributed by atoms with Gasteiger partial charge >= 0.3 is 0 Å². The highest BCUT2D eigenvalue weighted by Crippen LogP contribution is 2.39. The predicted octanol–water partition coefficient (Wildman–Crippen LogP) is 3.29. The lowest BCUT2D eigenvalue weighted by Gasteiger charge is -2.00. The zero-order valence-electron chi connectivity index (χ0n) is 10.3. The van der Waals surface area contributed by atoms with Gasteiger partial charge in [0.05, 0.1) is 11.4 Å². The largest absolute Gasteiger partial charge is 0.301 e. The van der Waals surface area contributed by atoms with Crippen LogP contribution in [0, 0.1) is 0 Å². The third-order valence-electron chi connectivity index (χ3n) is 3.56. The van der Waals surface area contributed by atoms with Crippen LogP contribution in [0.25, 0.3) is 11.5 Å². The Labute approximate surface area is 119 Å². The summed E-state index contributed by atoms with van der Waals surface area (Å²) >= 11 is 3.55. The van der Waals surface area contributed by atoms with E-state index in [4.69, 9.17) is 0 Å². The molecule has 0 bridgehead atoms. The normalized spacial score (nSPS) is 15.2. The van der Waals surface area contributed by atoms with E-state index in [2.05, 4.69) is 36.5 Å². The van der Waals surface area contributed by atoms with Gasteiger partial charge in [-0.2, -0.15) is 5.10 Å². The van der Waals surface area contributed by atoms with Crippen molar-refractivity contribution >= 4 is 21.6 Å². The van der Waals surface area contributed by atoms with E-state index in [-0.39, 0.29) is 0 Å². The summed E-state index contributed by atoms with van der Waals surface area (Å²) in [6.45, 7) is 0. The van der Waals surface area contributed by atoms with E-state index < -0.39 is 0 Å². The molecule has 1 fully saturated rings. The number of nitrogens with zero attached hydrogens (tertiary/aromatic N) is 4. The minimum absolute atomic E-state index is 0.672. The molecule has 0 saturated heterocycles. The van der Waals surface area contributed by atoms with E-state index in [0.29, 0.717) is 5.92 Å². The van der Waals surface area contributed by atoms with Crippen LogP contribution in [0.2, 0.25) is 0 Å². The van der Waals surface area contributed by atoms with E-state index in [9.17, 15) is 0 Å². The molecule has 0 spiro atoms. The van der Waals surface area contributed by atoms with Crippen LogP contribution in [0.3, 0.4) is 0 Å². The van der Waals surface area contributed by atoms with Gasteiger partial charge in [-0.05, 0) is 31.0 Å². The van der Waals surface area contributed by atoms with E-state index in [1.54, 1.807) is 0 Å². The number of pyridine rings is 1. The Hall–Kier alpha value is -1.62.